The number of nitrogens with two attached hydrogens (primary N) is 1. The molecule has 26 heavy (non-hydrogen) atoms. The van der Waals surface area contributed by atoms with Crippen molar-refractivity contribution in [2.45, 2.75) is 6.29 Å². The summed E-state index contributed by atoms with van der Waals surface area (Å²) in [5.41, 5.74) is 13.5. The van der Waals surface area contributed by atoms with Crippen LogP contribution in [-0.2, 0) is 4.74 Å². The fourth-order valence-corrected chi connectivity index (χ4v) is 3.17. The molecule has 1 unspecified atom stereocenters. The molecule has 7 nitrogen and oxygen atoms in total. The number of ether oxygens (including phenoxy) is 2. The number of nitrogens with one attached hydrogen (secondary N) is 3. The van der Waals surface area contributed by atoms with E-state index in [1.807, 2.05) is 24.3 Å². The summed E-state index contributed by atoms with van der Waals surface area (Å²) in [6, 6.07) is 11.1. The van der Waals surface area contributed by atoms with E-state index in [2.05, 4.69) is 21.2 Å². The second kappa shape index (κ2) is 8.46. The van der Waals surface area contributed by atoms with Gasteiger partial charge in [0.1, 0.15) is 12.4 Å². The van der Waals surface area contributed by atoms with E-state index in [0.29, 0.717) is 29.2 Å². The number of methoxy groups -OCH3 is 1. The zero-order chi connectivity index (χ0) is 18.5. The number of nitrogens with zero attached hydrogens (tertiary/aromatic N) is 1. The molecule has 0 amide bonds. The molecule has 0 aliphatic carbocycles. The van der Waals surface area contributed by atoms with E-state index in [9.17, 15) is 0 Å². The van der Waals surface area contributed by atoms with Gasteiger partial charge in [0.2, 0.25) is 5.96 Å². The van der Waals surface area contributed by atoms with E-state index in [0.717, 1.165) is 22.6 Å². The van der Waals surface area contributed by atoms with E-state index < -0.39 is 6.29 Å². The standard InChI is InChI=1S/C17H19Cl2N5O2/c1-25-6-7-26-12-4-2-10(3-5-12)15-13(18)8-11(9-14(15)19)21-17-22-16(20)23-24-17/h2-5,8-9,17,21,24H,6-7H2,1H3,(H3,20,22,23). The molecule has 0 fully saturated rings. The number of halogens is 2. The van der Waals surface area contributed by atoms with Crippen molar-refractivity contribution in [2.75, 3.05) is 25.6 Å². The zero-order valence-corrected chi connectivity index (χ0v) is 15.6. The summed E-state index contributed by atoms with van der Waals surface area (Å²) < 4.78 is 10.5. The highest BCUT2D eigenvalue weighted by Crippen LogP contribution is 2.38. The van der Waals surface area contributed by atoms with Crippen LogP contribution in [0.25, 0.3) is 11.1 Å². The lowest BCUT2D eigenvalue weighted by Gasteiger charge is -2.15. The number of aliphatic imine (C=N–C) groups is 1. The van der Waals surface area contributed by atoms with Gasteiger partial charge < -0.3 is 20.5 Å². The van der Waals surface area contributed by atoms with Gasteiger partial charge in [0.05, 0.1) is 16.7 Å². The third kappa shape index (κ3) is 4.50. The van der Waals surface area contributed by atoms with Crippen LogP contribution in [-0.4, -0.2) is 32.6 Å². The van der Waals surface area contributed by atoms with Gasteiger partial charge in [-0.2, -0.15) is 5.43 Å². The van der Waals surface area contributed by atoms with E-state index in [1.54, 1.807) is 19.2 Å². The summed E-state index contributed by atoms with van der Waals surface area (Å²) in [5.74, 6) is 1.07. The van der Waals surface area contributed by atoms with E-state index >= 15 is 0 Å². The first-order valence-corrected chi connectivity index (χ1v) is 8.65. The second-order valence-electron chi connectivity index (χ2n) is 5.51. The van der Waals surface area contributed by atoms with Gasteiger partial charge in [0.15, 0.2) is 6.29 Å². The predicted molar refractivity (Wildman–Crippen MR) is 105 cm³/mol. The van der Waals surface area contributed by atoms with Crippen molar-refractivity contribution in [1.29, 1.82) is 0 Å². The normalized spacial score (nSPS) is 16.1. The average Bonchev–Trinajstić information content (AvgIpc) is 3.01. The van der Waals surface area contributed by atoms with Gasteiger partial charge in [0.25, 0.3) is 0 Å². The van der Waals surface area contributed by atoms with E-state index in [4.69, 9.17) is 38.4 Å². The fraction of sp³-hybridized carbons (Fsp3) is 0.235. The van der Waals surface area contributed by atoms with Gasteiger partial charge in [-0.25, -0.2) is 4.99 Å². The van der Waals surface area contributed by atoms with Crippen molar-refractivity contribution in [2.24, 2.45) is 10.7 Å². The number of hydrazine groups is 1. The van der Waals surface area contributed by atoms with Crippen LogP contribution in [0.1, 0.15) is 0 Å². The molecule has 1 aliphatic rings. The molecule has 3 rings (SSSR count). The third-order valence-electron chi connectivity index (χ3n) is 3.65. The van der Waals surface area contributed by atoms with Crippen molar-refractivity contribution >= 4 is 34.8 Å². The van der Waals surface area contributed by atoms with Crippen LogP contribution in [0, 0.1) is 0 Å². The monoisotopic (exact) mass is 395 g/mol. The van der Waals surface area contributed by atoms with Gasteiger partial charge in [-0.3, -0.25) is 5.43 Å². The fourth-order valence-electron chi connectivity index (χ4n) is 2.47. The molecular weight excluding hydrogens is 377 g/mol. The zero-order valence-electron chi connectivity index (χ0n) is 14.1. The molecule has 0 bridgehead atoms. The molecule has 1 heterocycles. The Morgan fingerprint density at radius 1 is 1.15 bits per heavy atom. The first-order valence-electron chi connectivity index (χ1n) is 7.89. The SMILES string of the molecule is COCCOc1ccc(-c2c(Cl)cc(NC3N=C(N)NN3)cc2Cl)cc1. The highest BCUT2D eigenvalue weighted by Gasteiger charge is 2.16. The highest BCUT2D eigenvalue weighted by molar-refractivity contribution is 6.39. The maximum Gasteiger partial charge on any atom is 0.206 e. The lowest BCUT2D eigenvalue weighted by Crippen LogP contribution is -2.40. The first-order chi connectivity index (χ1) is 12.6. The number of hydrogen-bond acceptors (Lipinski definition) is 7. The molecule has 0 saturated heterocycles. The van der Waals surface area contributed by atoms with Crippen LogP contribution < -0.4 is 26.6 Å². The van der Waals surface area contributed by atoms with Crippen molar-refractivity contribution in [3.63, 3.8) is 0 Å². The Morgan fingerprint density at radius 3 is 2.42 bits per heavy atom. The quantitative estimate of drug-likeness (QED) is 0.538. The molecule has 138 valence electrons. The molecule has 0 aromatic heterocycles. The topological polar surface area (TPSA) is 92.9 Å². The largest absolute Gasteiger partial charge is 0.491 e. The van der Waals surface area contributed by atoms with Crippen molar-refractivity contribution in [1.82, 2.24) is 10.9 Å². The van der Waals surface area contributed by atoms with E-state index in [-0.39, 0.29) is 0 Å². The maximum atomic E-state index is 6.46. The minimum Gasteiger partial charge on any atom is -0.491 e. The van der Waals surface area contributed by atoms with E-state index in [1.165, 1.54) is 0 Å². The molecule has 9 heteroatoms. The Labute approximate surface area is 161 Å². The molecule has 2 aromatic rings. The molecule has 0 spiro atoms. The van der Waals surface area contributed by atoms with Crippen LogP contribution in [0.5, 0.6) is 5.75 Å². The van der Waals surface area contributed by atoms with Crippen LogP contribution in [0.3, 0.4) is 0 Å². The minimum atomic E-state index is -0.392. The number of guanidine groups is 1. The first kappa shape index (κ1) is 18.6. The third-order valence-corrected chi connectivity index (χ3v) is 4.25. The molecule has 5 N–H and O–H groups in total. The molecule has 1 atom stereocenters. The number of anilines is 1. The molecule has 2 aromatic carbocycles. The lowest BCUT2D eigenvalue weighted by atomic mass is 10.0. The summed E-state index contributed by atoms with van der Waals surface area (Å²) in [4.78, 5) is 4.12. The minimum absolute atomic E-state index is 0.309. The Bertz CT molecular complexity index is 775. The Kier molecular flexibility index (Phi) is 6.05. The van der Waals surface area contributed by atoms with Gasteiger partial charge in [-0.05, 0) is 29.8 Å². The van der Waals surface area contributed by atoms with Gasteiger partial charge in [-0.15, -0.1) is 0 Å². The molecular formula is C17H19Cl2N5O2. The average molecular weight is 396 g/mol. The van der Waals surface area contributed by atoms with Crippen LogP contribution in [0.4, 0.5) is 5.69 Å². The maximum absolute atomic E-state index is 6.46. The smallest absolute Gasteiger partial charge is 0.206 e. The summed E-state index contributed by atoms with van der Waals surface area (Å²) >= 11 is 12.9. The van der Waals surface area contributed by atoms with Crippen LogP contribution in [0.15, 0.2) is 41.4 Å². The molecule has 1 aliphatic heterocycles. The van der Waals surface area contributed by atoms with Gasteiger partial charge in [-0.1, -0.05) is 35.3 Å². The Hall–Kier alpha value is -2.19. The van der Waals surface area contributed by atoms with Crippen molar-refractivity contribution in [3.8, 4) is 16.9 Å². The number of benzene rings is 2. The van der Waals surface area contributed by atoms with Crippen LogP contribution in [0.2, 0.25) is 10.0 Å². The summed E-state index contributed by atoms with van der Waals surface area (Å²) in [7, 11) is 1.63. The summed E-state index contributed by atoms with van der Waals surface area (Å²) in [6.07, 6.45) is -0.392. The molecule has 0 radical (unpaired) electrons. The van der Waals surface area contributed by atoms with Gasteiger partial charge in [0, 0.05) is 18.4 Å². The lowest BCUT2D eigenvalue weighted by molar-refractivity contribution is 0.146. The van der Waals surface area contributed by atoms with Crippen molar-refractivity contribution in [3.05, 3.63) is 46.4 Å². The Morgan fingerprint density at radius 2 is 1.85 bits per heavy atom. The van der Waals surface area contributed by atoms with Crippen LogP contribution >= 0.6 is 23.2 Å². The summed E-state index contributed by atoms with van der Waals surface area (Å²) in [5, 5.41) is 4.18. The highest BCUT2D eigenvalue weighted by atomic mass is 35.5. The Balaban J connectivity index is 1.75. The predicted octanol–water partition coefficient (Wildman–Crippen LogP) is 2.80. The number of rotatable bonds is 7. The van der Waals surface area contributed by atoms with Crippen molar-refractivity contribution < 1.29 is 9.47 Å². The molecule has 0 saturated carbocycles. The second-order valence-corrected chi connectivity index (χ2v) is 6.33. The number of hydrogen-bond donors (Lipinski definition) is 4. The summed E-state index contributed by atoms with van der Waals surface area (Å²) in [6.45, 7) is 1.03. The van der Waals surface area contributed by atoms with Gasteiger partial charge >= 0.3 is 0 Å².